The van der Waals surface area contributed by atoms with Crippen LogP contribution in [-0.4, -0.2) is 0 Å². The van der Waals surface area contributed by atoms with Crippen LogP contribution in [0.5, 0.6) is 5.75 Å². The van der Waals surface area contributed by atoms with Crippen LogP contribution < -0.4 is 4.52 Å². The van der Waals surface area contributed by atoms with E-state index in [1.54, 1.807) is 25.1 Å². The maximum atomic E-state index is 10.9. The first-order chi connectivity index (χ1) is 5.88. The first-order valence-corrected chi connectivity index (χ1v) is 7.15. The Labute approximate surface area is 90.8 Å². The van der Waals surface area contributed by atoms with Gasteiger partial charge in [0.2, 0.25) is 0 Å². The molecule has 0 fully saturated rings. The maximum absolute atomic E-state index is 10.9. The number of rotatable bonds is 2. The van der Waals surface area contributed by atoms with Crippen LogP contribution in [0.15, 0.2) is 18.2 Å². The van der Waals surface area contributed by atoms with Gasteiger partial charge in [0.25, 0.3) is 0 Å². The highest BCUT2D eigenvalue weighted by Crippen LogP contribution is 2.57. The molecule has 1 aromatic carbocycles. The molecule has 6 heteroatoms. The molecule has 0 spiro atoms. The van der Waals surface area contributed by atoms with Gasteiger partial charge in [0.1, 0.15) is 5.75 Å². The van der Waals surface area contributed by atoms with Crippen LogP contribution in [0.1, 0.15) is 5.56 Å². The van der Waals surface area contributed by atoms with Crippen molar-refractivity contribution in [1.29, 1.82) is 0 Å². The van der Waals surface area contributed by atoms with E-state index in [2.05, 4.69) is 0 Å². The largest absolute Gasteiger partial charge is 0.428 e. The quantitative estimate of drug-likeness (QED) is 0.725. The summed E-state index contributed by atoms with van der Waals surface area (Å²) in [7, 11) is 0. The summed E-state index contributed by atoms with van der Waals surface area (Å²) in [5, 5.41) is 0.603. The molecule has 0 aliphatic heterocycles. The second kappa shape index (κ2) is 4.10. The minimum absolute atomic E-state index is 0.343. The molecule has 1 aromatic rings. The van der Waals surface area contributed by atoms with Crippen molar-refractivity contribution in [2.75, 3.05) is 0 Å². The lowest BCUT2D eigenvalue weighted by atomic mass is 10.2. The highest BCUT2D eigenvalue weighted by atomic mass is 35.9. The van der Waals surface area contributed by atoms with E-state index in [0.29, 0.717) is 10.8 Å². The van der Waals surface area contributed by atoms with E-state index in [1.807, 2.05) is 0 Å². The summed E-state index contributed by atoms with van der Waals surface area (Å²) in [4.78, 5) is 0. The standard InChI is InChI=1S/C7H6Cl3O2P/c1-5-4-6(2-3-7(5)8)12-13(9,10)11/h2-4H,1H3. The predicted molar refractivity (Wildman–Crippen MR) is 56.1 cm³/mol. The van der Waals surface area contributed by atoms with Crippen molar-refractivity contribution >= 4 is 40.2 Å². The van der Waals surface area contributed by atoms with Gasteiger partial charge in [0.15, 0.2) is 0 Å². The SMILES string of the molecule is Cc1cc(OP(=O)(Cl)Cl)ccc1Cl. The van der Waals surface area contributed by atoms with Gasteiger partial charge in [-0.3, -0.25) is 0 Å². The van der Waals surface area contributed by atoms with Crippen LogP contribution in [0.3, 0.4) is 0 Å². The zero-order valence-electron chi connectivity index (χ0n) is 6.63. The Morgan fingerprint density at radius 3 is 2.46 bits per heavy atom. The van der Waals surface area contributed by atoms with E-state index in [-0.39, 0.29) is 0 Å². The van der Waals surface area contributed by atoms with Gasteiger partial charge in [-0.2, -0.15) is 0 Å². The molecule has 0 unspecified atom stereocenters. The van der Waals surface area contributed by atoms with Crippen LogP contribution in [-0.2, 0) is 4.57 Å². The van der Waals surface area contributed by atoms with Crippen molar-refractivity contribution in [1.82, 2.24) is 0 Å². The molecule has 0 atom stereocenters. The predicted octanol–water partition coefficient (Wildman–Crippen LogP) is 4.61. The third-order valence-electron chi connectivity index (χ3n) is 1.34. The second-order valence-corrected chi connectivity index (χ2v) is 7.02. The van der Waals surface area contributed by atoms with Gasteiger partial charge in [0.05, 0.1) is 0 Å². The lowest BCUT2D eigenvalue weighted by molar-refractivity contribution is 0.513. The van der Waals surface area contributed by atoms with E-state index in [1.165, 1.54) is 0 Å². The van der Waals surface area contributed by atoms with Crippen LogP contribution in [0.25, 0.3) is 0 Å². The minimum Gasteiger partial charge on any atom is -0.422 e. The van der Waals surface area contributed by atoms with Crippen molar-refractivity contribution in [2.45, 2.75) is 6.92 Å². The number of halogens is 3. The third kappa shape index (κ3) is 3.78. The molecule has 0 amide bonds. The Hall–Kier alpha value is 0.120. The lowest BCUT2D eigenvalue weighted by Gasteiger charge is -2.06. The first-order valence-electron chi connectivity index (χ1n) is 3.33. The molecule has 2 nitrogen and oxygen atoms in total. The summed E-state index contributed by atoms with van der Waals surface area (Å²) < 4.78 is 15.6. The summed E-state index contributed by atoms with van der Waals surface area (Å²) in [6.07, 6.45) is -3.52. The molecule has 0 aliphatic rings. The van der Waals surface area contributed by atoms with Gasteiger partial charge < -0.3 is 4.52 Å². The second-order valence-electron chi connectivity index (χ2n) is 2.42. The van der Waals surface area contributed by atoms with Gasteiger partial charge >= 0.3 is 6.07 Å². The number of benzene rings is 1. The zero-order chi connectivity index (χ0) is 10.1. The fourth-order valence-corrected chi connectivity index (χ4v) is 1.75. The van der Waals surface area contributed by atoms with Crippen LogP contribution in [0, 0.1) is 6.92 Å². The van der Waals surface area contributed by atoms with Crippen molar-refractivity contribution in [3.8, 4) is 5.75 Å². The van der Waals surface area contributed by atoms with Crippen LogP contribution in [0.2, 0.25) is 5.02 Å². The van der Waals surface area contributed by atoms with E-state index in [4.69, 9.17) is 38.6 Å². The summed E-state index contributed by atoms with van der Waals surface area (Å²) in [6, 6.07) is 4.78. The number of hydrogen-bond acceptors (Lipinski definition) is 2. The maximum Gasteiger partial charge on any atom is 0.428 e. The average molecular weight is 259 g/mol. The van der Waals surface area contributed by atoms with Crippen molar-refractivity contribution in [3.05, 3.63) is 28.8 Å². The Balaban J connectivity index is 2.92. The monoisotopic (exact) mass is 258 g/mol. The highest BCUT2D eigenvalue weighted by molar-refractivity contribution is 8.05. The Morgan fingerprint density at radius 1 is 1.38 bits per heavy atom. The van der Waals surface area contributed by atoms with Gasteiger partial charge in [0, 0.05) is 27.5 Å². The number of aryl methyl sites for hydroxylation is 1. The minimum atomic E-state index is -3.52. The molecule has 0 radical (unpaired) electrons. The van der Waals surface area contributed by atoms with Crippen molar-refractivity contribution < 1.29 is 9.09 Å². The molecular weight excluding hydrogens is 253 g/mol. The fourth-order valence-electron chi connectivity index (χ4n) is 0.797. The molecule has 0 saturated carbocycles. The van der Waals surface area contributed by atoms with E-state index in [9.17, 15) is 4.57 Å². The topological polar surface area (TPSA) is 26.3 Å². The summed E-state index contributed by atoms with van der Waals surface area (Å²) >= 11 is 16.2. The first kappa shape index (κ1) is 11.2. The van der Waals surface area contributed by atoms with Gasteiger partial charge in [-0.15, -0.1) is 0 Å². The van der Waals surface area contributed by atoms with Gasteiger partial charge in [-0.1, -0.05) is 11.6 Å². The van der Waals surface area contributed by atoms with Crippen LogP contribution in [0.4, 0.5) is 0 Å². The van der Waals surface area contributed by atoms with E-state index >= 15 is 0 Å². The molecule has 0 bridgehead atoms. The van der Waals surface area contributed by atoms with Gasteiger partial charge in [-0.25, -0.2) is 4.57 Å². The van der Waals surface area contributed by atoms with Crippen molar-refractivity contribution in [2.24, 2.45) is 0 Å². The molecular formula is C7H6Cl3O2P. The molecule has 0 heterocycles. The molecule has 72 valence electrons. The molecule has 0 saturated heterocycles. The Morgan fingerprint density at radius 2 is 2.00 bits per heavy atom. The number of hydrogen-bond donors (Lipinski definition) is 0. The van der Waals surface area contributed by atoms with Gasteiger partial charge in [-0.05, 0) is 30.7 Å². The van der Waals surface area contributed by atoms with E-state index in [0.717, 1.165) is 5.56 Å². The third-order valence-corrected chi connectivity index (χ3v) is 2.60. The zero-order valence-corrected chi connectivity index (χ0v) is 9.79. The normalized spacial score (nSPS) is 11.4. The van der Waals surface area contributed by atoms with Crippen LogP contribution >= 0.6 is 40.2 Å². The Bertz CT molecular complexity index is 361. The molecule has 0 aromatic heterocycles. The lowest BCUT2D eigenvalue weighted by Crippen LogP contribution is -1.83. The average Bonchev–Trinajstić information content (AvgIpc) is 1.94. The summed E-state index contributed by atoms with van der Waals surface area (Å²) in [5.41, 5.74) is 0.806. The smallest absolute Gasteiger partial charge is 0.422 e. The van der Waals surface area contributed by atoms with E-state index < -0.39 is 6.07 Å². The molecule has 13 heavy (non-hydrogen) atoms. The molecule has 0 aliphatic carbocycles. The fraction of sp³-hybridized carbons (Fsp3) is 0.143. The highest BCUT2D eigenvalue weighted by Gasteiger charge is 2.16. The Kier molecular flexibility index (Phi) is 3.53. The summed E-state index contributed by atoms with van der Waals surface area (Å²) in [6.45, 7) is 1.79. The van der Waals surface area contributed by atoms with Crippen molar-refractivity contribution in [3.63, 3.8) is 0 Å². The summed E-state index contributed by atoms with van der Waals surface area (Å²) in [5.74, 6) is 0.343. The molecule has 0 N–H and O–H groups in total. The molecule has 1 rings (SSSR count).